The summed E-state index contributed by atoms with van der Waals surface area (Å²) in [5, 5.41) is 12.8. The molecule has 2 N–H and O–H groups in total. The molecular formula is C23H22N2O3. The van der Waals surface area contributed by atoms with Gasteiger partial charge < -0.3 is 24.5 Å². The Labute approximate surface area is 163 Å². The molecule has 1 aromatic heterocycles. The molecule has 0 aliphatic carbocycles. The van der Waals surface area contributed by atoms with Crippen LogP contribution in [0.15, 0.2) is 66.7 Å². The first-order chi connectivity index (χ1) is 13.8. The minimum absolute atomic E-state index is 0.243. The predicted octanol–water partition coefficient (Wildman–Crippen LogP) is 3.96. The highest BCUT2D eigenvalue weighted by Crippen LogP contribution is 2.31. The van der Waals surface area contributed by atoms with Crippen LogP contribution in [0.1, 0.15) is 0 Å². The molecule has 0 spiro atoms. The van der Waals surface area contributed by atoms with E-state index in [1.807, 2.05) is 54.6 Å². The number of hydrogen-bond donors (Lipinski definition) is 2. The lowest BCUT2D eigenvalue weighted by atomic mass is 10.1. The Morgan fingerprint density at radius 3 is 2.79 bits per heavy atom. The molecule has 1 aliphatic heterocycles. The van der Waals surface area contributed by atoms with E-state index in [0.717, 1.165) is 40.2 Å². The van der Waals surface area contributed by atoms with Crippen LogP contribution < -0.4 is 14.4 Å². The molecule has 4 aromatic rings. The Bertz CT molecular complexity index is 1120. The summed E-state index contributed by atoms with van der Waals surface area (Å²) >= 11 is 0. The summed E-state index contributed by atoms with van der Waals surface area (Å²) in [7, 11) is 0. The number of aromatic amines is 1. The number of H-pyrrole nitrogens is 1. The van der Waals surface area contributed by atoms with Gasteiger partial charge in [0.25, 0.3) is 0 Å². The number of para-hydroxylation sites is 3. The second-order valence-corrected chi connectivity index (χ2v) is 7.11. The predicted molar refractivity (Wildman–Crippen MR) is 111 cm³/mol. The van der Waals surface area contributed by atoms with E-state index in [1.54, 1.807) is 0 Å². The smallest absolute Gasteiger partial charge is 0.142 e. The van der Waals surface area contributed by atoms with Gasteiger partial charge in [0.1, 0.15) is 30.8 Å². The second-order valence-electron chi connectivity index (χ2n) is 7.11. The van der Waals surface area contributed by atoms with Crippen LogP contribution in [-0.2, 0) is 0 Å². The molecule has 1 atom stereocenters. The molecule has 0 fully saturated rings. The van der Waals surface area contributed by atoms with Gasteiger partial charge in [-0.25, -0.2) is 0 Å². The van der Waals surface area contributed by atoms with Crippen LogP contribution in [0.3, 0.4) is 0 Å². The number of aliphatic hydroxyl groups excluding tert-OH is 1. The van der Waals surface area contributed by atoms with E-state index in [9.17, 15) is 5.11 Å². The highest BCUT2D eigenvalue weighted by atomic mass is 16.5. The maximum Gasteiger partial charge on any atom is 0.142 e. The first kappa shape index (κ1) is 17.0. The number of nitrogens with one attached hydrogen (secondary N) is 1. The average Bonchev–Trinajstić information content (AvgIpc) is 3.10. The molecule has 0 radical (unpaired) electrons. The lowest BCUT2D eigenvalue weighted by Crippen LogP contribution is -2.40. The average molecular weight is 374 g/mol. The van der Waals surface area contributed by atoms with Gasteiger partial charge in [-0.15, -0.1) is 0 Å². The van der Waals surface area contributed by atoms with Gasteiger partial charge >= 0.3 is 0 Å². The molecule has 5 rings (SSSR count). The number of aliphatic hydroxyl groups is 1. The van der Waals surface area contributed by atoms with Gasteiger partial charge in [0.15, 0.2) is 0 Å². The second kappa shape index (κ2) is 7.09. The van der Waals surface area contributed by atoms with Crippen LogP contribution in [0.4, 0.5) is 5.69 Å². The molecule has 0 saturated heterocycles. The van der Waals surface area contributed by atoms with Crippen LogP contribution in [0.25, 0.3) is 21.8 Å². The van der Waals surface area contributed by atoms with Gasteiger partial charge in [-0.1, -0.05) is 30.3 Å². The summed E-state index contributed by atoms with van der Waals surface area (Å²) in [5.74, 6) is 1.63. The third kappa shape index (κ3) is 3.14. The number of anilines is 1. The van der Waals surface area contributed by atoms with Gasteiger partial charge in [-0.3, -0.25) is 0 Å². The van der Waals surface area contributed by atoms with Crippen LogP contribution in [0.5, 0.6) is 11.5 Å². The molecule has 0 amide bonds. The first-order valence-electron chi connectivity index (χ1n) is 9.56. The van der Waals surface area contributed by atoms with Crippen molar-refractivity contribution >= 4 is 27.5 Å². The highest BCUT2D eigenvalue weighted by molar-refractivity contribution is 6.07. The van der Waals surface area contributed by atoms with Crippen molar-refractivity contribution in [3.8, 4) is 11.5 Å². The van der Waals surface area contributed by atoms with Gasteiger partial charge in [0, 0.05) is 28.4 Å². The molecule has 1 aliphatic rings. The minimum Gasteiger partial charge on any atom is -0.491 e. The van der Waals surface area contributed by atoms with Gasteiger partial charge in [-0.05, 0) is 36.4 Å². The summed E-state index contributed by atoms with van der Waals surface area (Å²) < 4.78 is 11.6. The zero-order chi connectivity index (χ0) is 18.9. The fourth-order valence-corrected chi connectivity index (χ4v) is 3.83. The number of fused-ring (bicyclic) bond motifs is 4. The summed E-state index contributed by atoms with van der Waals surface area (Å²) in [6.45, 7) is 2.14. The van der Waals surface area contributed by atoms with Crippen molar-refractivity contribution in [2.75, 3.05) is 31.2 Å². The molecule has 3 aromatic carbocycles. The molecule has 1 unspecified atom stereocenters. The first-order valence-corrected chi connectivity index (χ1v) is 9.56. The van der Waals surface area contributed by atoms with Crippen molar-refractivity contribution in [1.82, 2.24) is 4.98 Å². The molecule has 0 bridgehead atoms. The van der Waals surface area contributed by atoms with Crippen molar-refractivity contribution in [1.29, 1.82) is 0 Å². The zero-order valence-electron chi connectivity index (χ0n) is 15.5. The third-order valence-electron chi connectivity index (χ3n) is 5.18. The number of benzene rings is 3. The van der Waals surface area contributed by atoms with E-state index < -0.39 is 6.10 Å². The lowest BCUT2D eigenvalue weighted by molar-refractivity contribution is 0.110. The zero-order valence-corrected chi connectivity index (χ0v) is 15.5. The normalized spacial score (nSPS) is 14.7. The van der Waals surface area contributed by atoms with Gasteiger partial charge in [0.2, 0.25) is 0 Å². The minimum atomic E-state index is -0.593. The summed E-state index contributed by atoms with van der Waals surface area (Å²) in [5.41, 5.74) is 3.22. The van der Waals surface area contributed by atoms with Crippen LogP contribution in [0.2, 0.25) is 0 Å². The molecule has 2 heterocycles. The molecule has 28 heavy (non-hydrogen) atoms. The van der Waals surface area contributed by atoms with Crippen LogP contribution in [0, 0.1) is 0 Å². The molecule has 142 valence electrons. The lowest BCUT2D eigenvalue weighted by Gasteiger charge is -2.32. The Kier molecular flexibility index (Phi) is 4.29. The van der Waals surface area contributed by atoms with Gasteiger partial charge in [0.05, 0.1) is 12.2 Å². The van der Waals surface area contributed by atoms with Crippen molar-refractivity contribution in [2.24, 2.45) is 0 Å². The van der Waals surface area contributed by atoms with E-state index in [4.69, 9.17) is 9.47 Å². The number of aromatic nitrogens is 1. The van der Waals surface area contributed by atoms with Crippen molar-refractivity contribution in [3.63, 3.8) is 0 Å². The van der Waals surface area contributed by atoms with E-state index in [2.05, 4.69) is 22.0 Å². The molecule has 0 saturated carbocycles. The maximum atomic E-state index is 10.5. The Morgan fingerprint density at radius 1 is 1.00 bits per heavy atom. The fraction of sp³-hybridized carbons (Fsp3) is 0.217. The topological polar surface area (TPSA) is 57.7 Å². The number of rotatable bonds is 5. The van der Waals surface area contributed by atoms with Crippen LogP contribution in [-0.4, -0.2) is 42.5 Å². The molecular weight excluding hydrogens is 352 g/mol. The summed E-state index contributed by atoms with van der Waals surface area (Å²) in [6.07, 6.45) is -0.593. The summed E-state index contributed by atoms with van der Waals surface area (Å²) in [6, 6.07) is 22.1. The third-order valence-corrected chi connectivity index (χ3v) is 5.18. The van der Waals surface area contributed by atoms with E-state index in [-0.39, 0.29) is 6.61 Å². The van der Waals surface area contributed by atoms with Gasteiger partial charge in [-0.2, -0.15) is 0 Å². The number of nitrogens with zero attached hydrogens (tertiary/aromatic N) is 1. The maximum absolute atomic E-state index is 10.5. The SMILES string of the molecule is OC(COc1ccc2[nH]c3ccccc3c2c1)CN1CCOc2ccccc21. The quantitative estimate of drug-likeness (QED) is 0.555. The number of β-amino-alcohol motifs (C(OH)–C–C–N with tert-alkyl or cyclic N) is 1. The van der Waals surface area contributed by atoms with E-state index in [1.165, 1.54) is 5.39 Å². The van der Waals surface area contributed by atoms with E-state index >= 15 is 0 Å². The largest absolute Gasteiger partial charge is 0.491 e. The monoisotopic (exact) mass is 374 g/mol. The fourth-order valence-electron chi connectivity index (χ4n) is 3.83. The molecule has 5 heteroatoms. The van der Waals surface area contributed by atoms with Crippen LogP contribution >= 0.6 is 0 Å². The summed E-state index contributed by atoms with van der Waals surface area (Å²) in [4.78, 5) is 5.56. The Morgan fingerprint density at radius 2 is 1.82 bits per heavy atom. The number of ether oxygens (including phenoxy) is 2. The Balaban J connectivity index is 1.28. The van der Waals surface area contributed by atoms with Crippen molar-refractivity contribution < 1.29 is 14.6 Å². The van der Waals surface area contributed by atoms with Crippen molar-refractivity contribution in [3.05, 3.63) is 66.7 Å². The van der Waals surface area contributed by atoms with E-state index in [0.29, 0.717) is 13.2 Å². The van der Waals surface area contributed by atoms with Crippen molar-refractivity contribution in [2.45, 2.75) is 6.10 Å². The Hall–Kier alpha value is -3.18. The number of hydrogen-bond acceptors (Lipinski definition) is 4. The standard InChI is InChI=1S/C23H22N2O3/c26-16(14-25-11-12-27-23-8-4-3-7-22(23)25)15-28-17-9-10-21-19(13-17)18-5-1-2-6-20(18)24-21/h1-10,13,16,24,26H,11-12,14-15H2. The molecule has 5 nitrogen and oxygen atoms in total. The highest BCUT2D eigenvalue weighted by Gasteiger charge is 2.20.